The Bertz CT molecular complexity index is 655. The van der Waals surface area contributed by atoms with Crippen molar-refractivity contribution in [3.05, 3.63) is 62.2 Å². The summed E-state index contributed by atoms with van der Waals surface area (Å²) in [6.07, 6.45) is 2.92. The molecule has 1 aromatic carbocycles. The molecular weight excluding hydrogens is 306 g/mol. The monoisotopic (exact) mass is 314 g/mol. The van der Waals surface area contributed by atoms with Crippen LogP contribution in [0.5, 0.6) is 0 Å². The Morgan fingerprint density at radius 1 is 1.39 bits per heavy atom. The quantitative estimate of drug-likeness (QED) is 0.799. The highest BCUT2D eigenvalue weighted by Gasteiger charge is 2.13. The van der Waals surface area contributed by atoms with E-state index in [4.69, 9.17) is 0 Å². The van der Waals surface area contributed by atoms with E-state index in [9.17, 15) is 13.6 Å². The number of rotatable bonds is 2. The zero-order valence-corrected chi connectivity index (χ0v) is 11.0. The number of benzene rings is 1. The fourth-order valence-corrected chi connectivity index (χ4v) is 1.93. The van der Waals surface area contributed by atoms with Gasteiger partial charge in [0.1, 0.15) is 11.6 Å². The van der Waals surface area contributed by atoms with Gasteiger partial charge in [0.25, 0.3) is 0 Å². The van der Waals surface area contributed by atoms with E-state index in [2.05, 4.69) is 20.9 Å². The van der Waals surface area contributed by atoms with Crippen molar-refractivity contribution < 1.29 is 8.78 Å². The molecule has 2 rings (SSSR count). The van der Waals surface area contributed by atoms with Crippen LogP contribution in [0.3, 0.4) is 0 Å². The minimum absolute atomic E-state index is 0.160. The molecule has 94 valence electrons. The Morgan fingerprint density at radius 3 is 2.83 bits per heavy atom. The summed E-state index contributed by atoms with van der Waals surface area (Å²) in [7, 11) is 0. The van der Waals surface area contributed by atoms with E-state index < -0.39 is 17.3 Å². The molecule has 6 heteroatoms. The van der Waals surface area contributed by atoms with Gasteiger partial charge in [-0.1, -0.05) is 0 Å². The van der Waals surface area contributed by atoms with Gasteiger partial charge < -0.3 is 0 Å². The second-order valence-corrected chi connectivity index (χ2v) is 4.72. The number of halogens is 3. The Labute approximate surface area is 110 Å². The van der Waals surface area contributed by atoms with Gasteiger partial charge in [-0.15, -0.1) is 0 Å². The van der Waals surface area contributed by atoms with Crippen LogP contribution in [0, 0.1) is 18.6 Å². The standard InChI is InChI=1S/C12H9BrF2N2O/c1-7-4-16-12(18)17(5-7)6-8-10(14)3-2-9(13)11(8)15/h2-5H,6H2,1H3. The first kappa shape index (κ1) is 12.9. The van der Waals surface area contributed by atoms with Crippen molar-refractivity contribution in [1.82, 2.24) is 9.55 Å². The van der Waals surface area contributed by atoms with Crippen LogP contribution in [0.2, 0.25) is 0 Å². The van der Waals surface area contributed by atoms with Gasteiger partial charge in [0.05, 0.1) is 11.0 Å². The molecule has 0 aliphatic rings. The highest BCUT2D eigenvalue weighted by Crippen LogP contribution is 2.22. The zero-order valence-electron chi connectivity index (χ0n) is 9.45. The van der Waals surface area contributed by atoms with Gasteiger partial charge in [-0.05, 0) is 40.5 Å². The molecule has 0 spiro atoms. The zero-order chi connectivity index (χ0) is 13.3. The number of hydrogen-bond donors (Lipinski definition) is 0. The first-order chi connectivity index (χ1) is 8.49. The minimum atomic E-state index is -0.705. The van der Waals surface area contributed by atoms with E-state index in [1.807, 2.05) is 0 Å². The largest absolute Gasteiger partial charge is 0.347 e. The van der Waals surface area contributed by atoms with E-state index in [0.29, 0.717) is 0 Å². The third kappa shape index (κ3) is 2.48. The summed E-state index contributed by atoms with van der Waals surface area (Å²) in [6.45, 7) is 1.56. The molecule has 0 saturated carbocycles. The van der Waals surface area contributed by atoms with Crippen molar-refractivity contribution >= 4 is 15.9 Å². The SMILES string of the molecule is Cc1cnc(=O)n(Cc2c(F)ccc(Br)c2F)c1. The number of nitrogens with zero attached hydrogens (tertiary/aromatic N) is 2. The highest BCUT2D eigenvalue weighted by atomic mass is 79.9. The Kier molecular flexibility index (Phi) is 3.56. The van der Waals surface area contributed by atoms with E-state index in [1.165, 1.54) is 23.0 Å². The Hall–Kier alpha value is -1.56. The van der Waals surface area contributed by atoms with Crippen molar-refractivity contribution in [2.24, 2.45) is 0 Å². The third-order valence-electron chi connectivity index (χ3n) is 2.45. The molecule has 1 heterocycles. The summed E-state index contributed by atoms with van der Waals surface area (Å²) >= 11 is 2.98. The lowest BCUT2D eigenvalue weighted by Gasteiger charge is -2.09. The maximum Gasteiger partial charge on any atom is 0.347 e. The second-order valence-electron chi connectivity index (χ2n) is 3.86. The fraction of sp³-hybridized carbons (Fsp3) is 0.167. The molecule has 0 aliphatic carbocycles. The fourth-order valence-electron chi connectivity index (χ4n) is 1.56. The van der Waals surface area contributed by atoms with Crippen molar-refractivity contribution in [3.8, 4) is 0 Å². The summed E-state index contributed by atoms with van der Waals surface area (Å²) in [4.78, 5) is 15.1. The van der Waals surface area contributed by atoms with Crippen LogP contribution in [-0.4, -0.2) is 9.55 Å². The van der Waals surface area contributed by atoms with E-state index in [1.54, 1.807) is 6.92 Å². The molecule has 0 amide bonds. The predicted molar refractivity (Wildman–Crippen MR) is 66.4 cm³/mol. The maximum atomic E-state index is 13.8. The minimum Gasteiger partial charge on any atom is -0.294 e. The summed E-state index contributed by atoms with van der Waals surface area (Å²) < 4.78 is 28.6. The van der Waals surface area contributed by atoms with E-state index in [-0.39, 0.29) is 16.6 Å². The normalized spacial score (nSPS) is 10.7. The molecule has 0 fully saturated rings. The van der Waals surface area contributed by atoms with Crippen molar-refractivity contribution in [2.45, 2.75) is 13.5 Å². The van der Waals surface area contributed by atoms with Crippen molar-refractivity contribution in [1.29, 1.82) is 0 Å². The summed E-state index contributed by atoms with van der Waals surface area (Å²) in [5, 5.41) is 0. The van der Waals surface area contributed by atoms with Gasteiger partial charge >= 0.3 is 5.69 Å². The molecular formula is C12H9BrF2N2O. The molecule has 0 bridgehead atoms. The average Bonchev–Trinajstić information content (AvgIpc) is 2.34. The molecule has 18 heavy (non-hydrogen) atoms. The maximum absolute atomic E-state index is 13.8. The third-order valence-corrected chi connectivity index (χ3v) is 3.06. The van der Waals surface area contributed by atoms with Crippen LogP contribution in [0.4, 0.5) is 8.78 Å². The van der Waals surface area contributed by atoms with Gasteiger partial charge in [0.15, 0.2) is 0 Å². The van der Waals surface area contributed by atoms with Crippen LogP contribution in [0.1, 0.15) is 11.1 Å². The molecule has 1 aromatic heterocycles. The predicted octanol–water partition coefficient (Wildman–Crippen LogP) is 2.64. The topological polar surface area (TPSA) is 34.9 Å². The van der Waals surface area contributed by atoms with Crippen LogP contribution in [0.25, 0.3) is 0 Å². The number of aryl methyl sites for hydroxylation is 1. The molecule has 0 saturated heterocycles. The molecule has 0 radical (unpaired) electrons. The van der Waals surface area contributed by atoms with E-state index >= 15 is 0 Å². The Morgan fingerprint density at radius 2 is 2.11 bits per heavy atom. The molecule has 0 unspecified atom stereocenters. The first-order valence-corrected chi connectivity index (χ1v) is 5.94. The van der Waals surface area contributed by atoms with Crippen LogP contribution in [-0.2, 0) is 6.54 Å². The van der Waals surface area contributed by atoms with Gasteiger partial charge in [0, 0.05) is 18.0 Å². The second kappa shape index (κ2) is 4.97. The lowest BCUT2D eigenvalue weighted by Crippen LogP contribution is -2.23. The summed E-state index contributed by atoms with van der Waals surface area (Å²) in [5.41, 5.74) is 0.0312. The lowest BCUT2D eigenvalue weighted by molar-refractivity contribution is 0.535. The molecule has 0 aliphatic heterocycles. The lowest BCUT2D eigenvalue weighted by atomic mass is 10.2. The van der Waals surface area contributed by atoms with Crippen LogP contribution < -0.4 is 5.69 Å². The van der Waals surface area contributed by atoms with Crippen molar-refractivity contribution in [3.63, 3.8) is 0 Å². The van der Waals surface area contributed by atoms with E-state index in [0.717, 1.165) is 11.6 Å². The summed E-state index contributed by atoms with van der Waals surface area (Å²) in [6, 6.07) is 2.43. The average molecular weight is 315 g/mol. The van der Waals surface area contributed by atoms with Crippen LogP contribution in [0.15, 0.2) is 33.8 Å². The first-order valence-electron chi connectivity index (χ1n) is 5.14. The number of hydrogen-bond acceptors (Lipinski definition) is 2. The molecule has 3 nitrogen and oxygen atoms in total. The highest BCUT2D eigenvalue weighted by molar-refractivity contribution is 9.10. The van der Waals surface area contributed by atoms with Gasteiger partial charge in [0.2, 0.25) is 0 Å². The van der Waals surface area contributed by atoms with Gasteiger partial charge in [-0.2, -0.15) is 0 Å². The van der Waals surface area contributed by atoms with Gasteiger partial charge in [-0.3, -0.25) is 4.57 Å². The number of aromatic nitrogens is 2. The summed E-state index contributed by atoms with van der Waals surface area (Å²) in [5.74, 6) is -1.40. The van der Waals surface area contributed by atoms with Gasteiger partial charge in [-0.25, -0.2) is 18.6 Å². The molecule has 0 atom stereocenters. The van der Waals surface area contributed by atoms with Crippen molar-refractivity contribution in [2.75, 3.05) is 0 Å². The molecule has 0 N–H and O–H groups in total. The Balaban J connectivity index is 2.49. The molecule has 2 aromatic rings. The smallest absolute Gasteiger partial charge is 0.294 e. The van der Waals surface area contributed by atoms with Crippen LogP contribution >= 0.6 is 15.9 Å².